The predicted molar refractivity (Wildman–Crippen MR) is 141 cm³/mol. The van der Waals surface area contributed by atoms with Gasteiger partial charge in [0.05, 0.1) is 0 Å². The van der Waals surface area contributed by atoms with Crippen LogP contribution in [0.25, 0.3) is 0 Å². The second-order valence-corrected chi connectivity index (χ2v) is 10.5. The zero-order chi connectivity index (χ0) is 23.3. The fourth-order valence-corrected chi connectivity index (χ4v) is 6.28. The quantitative estimate of drug-likeness (QED) is 0.546. The Labute approximate surface area is 205 Å². The Bertz CT molecular complexity index is 1000. The highest BCUT2D eigenvalue weighted by Crippen LogP contribution is 2.37. The van der Waals surface area contributed by atoms with Crippen LogP contribution in [-0.4, -0.2) is 47.1 Å². The number of aromatic hydroxyl groups is 1. The van der Waals surface area contributed by atoms with Gasteiger partial charge < -0.3 is 10.0 Å². The first kappa shape index (κ1) is 23.4. The molecule has 2 unspecified atom stereocenters. The van der Waals surface area contributed by atoms with Gasteiger partial charge in [-0.1, -0.05) is 61.6 Å². The topological polar surface area (TPSA) is 26.7 Å². The number of rotatable bonds is 8. The number of fused-ring (bicyclic) bond motifs is 1. The van der Waals surface area contributed by atoms with Crippen molar-refractivity contribution in [2.75, 3.05) is 26.2 Å². The molecule has 2 aromatic carbocycles. The summed E-state index contributed by atoms with van der Waals surface area (Å²) in [6.07, 6.45) is 16.6. The summed E-state index contributed by atoms with van der Waals surface area (Å²) in [5.41, 5.74) is 5.63. The number of phenolic OH excluding ortho intramolecular Hbond substituents is 1. The van der Waals surface area contributed by atoms with Crippen LogP contribution < -0.4 is 0 Å². The Kier molecular flexibility index (Phi) is 7.51. The van der Waals surface area contributed by atoms with Crippen LogP contribution in [0.4, 0.5) is 0 Å². The van der Waals surface area contributed by atoms with Gasteiger partial charge in [0.15, 0.2) is 0 Å². The van der Waals surface area contributed by atoms with Gasteiger partial charge in [0.25, 0.3) is 0 Å². The van der Waals surface area contributed by atoms with Gasteiger partial charge >= 0.3 is 0 Å². The summed E-state index contributed by atoms with van der Waals surface area (Å²) < 4.78 is 0. The molecule has 5 rings (SSSR count). The van der Waals surface area contributed by atoms with Gasteiger partial charge in [-0.3, -0.25) is 4.90 Å². The van der Waals surface area contributed by atoms with Crippen LogP contribution in [0.5, 0.6) is 5.75 Å². The molecule has 3 aliphatic rings. The fraction of sp³-hybridized carbons (Fsp3) is 0.484. The highest BCUT2D eigenvalue weighted by Gasteiger charge is 2.33. The van der Waals surface area contributed by atoms with Gasteiger partial charge in [-0.15, -0.1) is 0 Å². The minimum atomic E-state index is 0.398. The summed E-state index contributed by atoms with van der Waals surface area (Å²) >= 11 is 0. The highest BCUT2D eigenvalue weighted by atomic mass is 16.3. The third kappa shape index (κ3) is 5.47. The van der Waals surface area contributed by atoms with Gasteiger partial charge in [-0.25, -0.2) is 0 Å². The van der Waals surface area contributed by atoms with Crippen LogP contribution in [0.3, 0.4) is 0 Å². The summed E-state index contributed by atoms with van der Waals surface area (Å²) in [6.45, 7) is 8.11. The zero-order valence-corrected chi connectivity index (χ0v) is 20.7. The number of phenols is 1. The first-order valence-corrected chi connectivity index (χ1v) is 13.4. The van der Waals surface area contributed by atoms with Crippen molar-refractivity contribution in [2.24, 2.45) is 11.8 Å². The Hall–Kier alpha value is -2.36. The predicted octanol–water partition coefficient (Wildman–Crippen LogP) is 5.77. The molecule has 2 aromatic rings. The van der Waals surface area contributed by atoms with Gasteiger partial charge in [-0.2, -0.15) is 0 Å². The molecule has 180 valence electrons. The lowest BCUT2D eigenvalue weighted by molar-refractivity contribution is 0.154. The average molecular weight is 457 g/mol. The highest BCUT2D eigenvalue weighted by molar-refractivity contribution is 5.37. The molecule has 0 aromatic heterocycles. The maximum Gasteiger partial charge on any atom is 0.115 e. The lowest BCUT2D eigenvalue weighted by Crippen LogP contribution is -2.43. The van der Waals surface area contributed by atoms with Crippen LogP contribution in [0.2, 0.25) is 0 Å². The smallest absolute Gasteiger partial charge is 0.115 e. The maximum absolute atomic E-state index is 9.86. The normalized spacial score (nSPS) is 24.6. The van der Waals surface area contributed by atoms with Gasteiger partial charge in [0.1, 0.15) is 5.75 Å². The first-order chi connectivity index (χ1) is 16.7. The Balaban J connectivity index is 1.23. The summed E-state index contributed by atoms with van der Waals surface area (Å²) in [5, 5.41) is 9.86. The van der Waals surface area contributed by atoms with Crippen molar-refractivity contribution in [3.05, 3.63) is 89.0 Å². The monoisotopic (exact) mass is 456 g/mol. The van der Waals surface area contributed by atoms with E-state index in [-0.39, 0.29) is 0 Å². The summed E-state index contributed by atoms with van der Waals surface area (Å²) in [6, 6.07) is 15.8. The van der Waals surface area contributed by atoms with Crippen molar-refractivity contribution >= 4 is 0 Å². The molecule has 34 heavy (non-hydrogen) atoms. The van der Waals surface area contributed by atoms with E-state index in [9.17, 15) is 5.11 Å². The molecule has 3 atom stereocenters. The van der Waals surface area contributed by atoms with E-state index in [1.54, 1.807) is 0 Å². The SMILES string of the molecule is CCN(Cc1ccc(CCN2CCCC2)cc1)C1C=CC=CC1[C@@H]1CCc2cc(O)ccc2C1. The van der Waals surface area contributed by atoms with Crippen molar-refractivity contribution in [1.29, 1.82) is 0 Å². The molecule has 3 nitrogen and oxygen atoms in total. The van der Waals surface area contributed by atoms with E-state index in [1.807, 2.05) is 12.1 Å². The number of benzene rings is 2. The van der Waals surface area contributed by atoms with E-state index in [2.05, 4.69) is 71.4 Å². The third-order valence-corrected chi connectivity index (χ3v) is 8.30. The Morgan fingerprint density at radius 3 is 2.50 bits per heavy atom. The number of hydrogen-bond acceptors (Lipinski definition) is 3. The van der Waals surface area contributed by atoms with Crippen molar-refractivity contribution in [2.45, 2.75) is 58.0 Å². The van der Waals surface area contributed by atoms with E-state index in [0.717, 1.165) is 32.4 Å². The Morgan fingerprint density at radius 2 is 1.71 bits per heavy atom. The molecule has 1 fully saturated rings. The molecule has 0 amide bonds. The largest absolute Gasteiger partial charge is 0.508 e. The maximum atomic E-state index is 9.86. The van der Waals surface area contributed by atoms with Gasteiger partial charge in [0, 0.05) is 19.1 Å². The molecule has 0 bridgehead atoms. The van der Waals surface area contributed by atoms with Crippen molar-refractivity contribution in [3.63, 3.8) is 0 Å². The second-order valence-electron chi connectivity index (χ2n) is 10.5. The third-order valence-electron chi connectivity index (χ3n) is 8.30. The minimum absolute atomic E-state index is 0.398. The van der Waals surface area contributed by atoms with Crippen molar-refractivity contribution in [3.8, 4) is 5.75 Å². The van der Waals surface area contributed by atoms with Gasteiger partial charge in [0.2, 0.25) is 0 Å². The first-order valence-electron chi connectivity index (χ1n) is 13.4. The zero-order valence-electron chi connectivity index (χ0n) is 20.7. The number of allylic oxidation sites excluding steroid dienone is 2. The second kappa shape index (κ2) is 10.9. The summed E-state index contributed by atoms with van der Waals surface area (Å²) in [4.78, 5) is 5.25. The van der Waals surface area contributed by atoms with Gasteiger partial charge in [-0.05, 0) is 104 Å². The molecule has 1 N–H and O–H groups in total. The van der Waals surface area contributed by atoms with E-state index < -0.39 is 0 Å². The lowest BCUT2D eigenvalue weighted by atomic mass is 9.73. The van der Waals surface area contributed by atoms with Crippen molar-refractivity contribution < 1.29 is 5.11 Å². The lowest BCUT2D eigenvalue weighted by Gasteiger charge is -2.40. The summed E-state index contributed by atoms with van der Waals surface area (Å²) in [5.74, 6) is 1.58. The number of hydrogen-bond donors (Lipinski definition) is 1. The standard InChI is InChI=1S/C31H40N2O/c1-2-33(23-25-11-9-24(10-12-25)17-20-32-18-5-6-19-32)31-8-4-3-7-30(31)28-14-13-27-22-29(34)16-15-26(27)21-28/h3-4,7-12,15-16,22,28,30-31,34H,2,5-6,13-14,17-21,23H2,1H3/t28-,30?,31?/m1/s1. The van der Waals surface area contributed by atoms with E-state index >= 15 is 0 Å². The van der Waals surface area contributed by atoms with E-state index in [0.29, 0.717) is 23.6 Å². The van der Waals surface area contributed by atoms with Crippen LogP contribution >= 0.6 is 0 Å². The van der Waals surface area contributed by atoms with Crippen LogP contribution in [-0.2, 0) is 25.8 Å². The fourth-order valence-electron chi connectivity index (χ4n) is 6.28. The van der Waals surface area contributed by atoms with Crippen LogP contribution in [0.15, 0.2) is 66.8 Å². The molecular formula is C31H40N2O. The van der Waals surface area contributed by atoms with Crippen LogP contribution in [0.1, 0.15) is 48.4 Å². The van der Waals surface area contributed by atoms with E-state index in [4.69, 9.17) is 0 Å². The van der Waals surface area contributed by atoms with Crippen LogP contribution in [0, 0.1) is 11.8 Å². The molecule has 1 heterocycles. The molecule has 2 aliphatic carbocycles. The molecule has 1 aliphatic heterocycles. The number of likely N-dealkylation sites (tertiary alicyclic amines) is 1. The molecule has 0 radical (unpaired) electrons. The number of aryl methyl sites for hydroxylation is 1. The molecule has 3 heteroatoms. The molecular weight excluding hydrogens is 416 g/mol. The number of nitrogens with zero attached hydrogens (tertiary/aromatic N) is 2. The van der Waals surface area contributed by atoms with Crippen molar-refractivity contribution in [1.82, 2.24) is 9.80 Å². The molecule has 0 spiro atoms. The Morgan fingerprint density at radius 1 is 0.941 bits per heavy atom. The molecule has 0 saturated carbocycles. The minimum Gasteiger partial charge on any atom is -0.508 e. The van der Waals surface area contributed by atoms with E-state index in [1.165, 1.54) is 61.2 Å². The summed E-state index contributed by atoms with van der Waals surface area (Å²) in [7, 11) is 0. The average Bonchev–Trinajstić information content (AvgIpc) is 3.40. The molecule has 1 saturated heterocycles. The number of likely N-dealkylation sites (N-methyl/N-ethyl adjacent to an activating group) is 1.